The number of aliphatic carboxylic acids is 1. The van der Waals surface area contributed by atoms with Crippen molar-refractivity contribution in [2.24, 2.45) is 0 Å². The van der Waals surface area contributed by atoms with Crippen LogP contribution in [0.2, 0.25) is 5.02 Å². The van der Waals surface area contributed by atoms with Gasteiger partial charge >= 0.3 is 5.97 Å². The van der Waals surface area contributed by atoms with Crippen molar-refractivity contribution in [2.75, 3.05) is 13.1 Å². The lowest BCUT2D eigenvalue weighted by Crippen LogP contribution is -2.36. The summed E-state index contributed by atoms with van der Waals surface area (Å²) < 4.78 is 13.3. The molecule has 1 N–H and O–H groups in total. The molecule has 0 unspecified atom stereocenters. The van der Waals surface area contributed by atoms with Crippen LogP contribution >= 0.6 is 11.6 Å². The summed E-state index contributed by atoms with van der Waals surface area (Å²) in [6.07, 6.45) is 3.28. The smallest absolute Gasteiger partial charge is 0.364 e. The molecule has 2 rings (SSSR count). The molecule has 1 amide bonds. The van der Waals surface area contributed by atoms with E-state index in [1.807, 2.05) is 0 Å². The van der Waals surface area contributed by atoms with Crippen molar-refractivity contribution in [3.05, 3.63) is 40.4 Å². The van der Waals surface area contributed by atoms with Gasteiger partial charge in [0.05, 0.1) is 10.6 Å². The predicted octanol–water partition coefficient (Wildman–Crippen LogP) is 2.28. The molecule has 0 spiro atoms. The van der Waals surface area contributed by atoms with Gasteiger partial charge in [-0.15, -0.1) is 0 Å². The van der Waals surface area contributed by atoms with Gasteiger partial charge in [-0.3, -0.25) is 9.78 Å². The van der Waals surface area contributed by atoms with E-state index in [0.717, 1.165) is 0 Å². The van der Waals surface area contributed by atoms with Gasteiger partial charge in [-0.1, -0.05) is 11.6 Å². The second-order valence-electron chi connectivity index (χ2n) is 4.37. The van der Waals surface area contributed by atoms with Crippen LogP contribution in [-0.4, -0.2) is 40.0 Å². The van der Waals surface area contributed by atoms with Crippen LogP contribution in [0.25, 0.3) is 0 Å². The Bertz CT molecular complexity index is 579. The van der Waals surface area contributed by atoms with Gasteiger partial charge in [0.15, 0.2) is 0 Å². The molecule has 106 valence electrons. The summed E-state index contributed by atoms with van der Waals surface area (Å²) >= 11 is 5.90. The molecule has 0 atom stereocenters. The summed E-state index contributed by atoms with van der Waals surface area (Å²) in [4.78, 5) is 28.1. The number of aromatic nitrogens is 1. The standard InChI is InChI=1S/C13H12ClFN2O3/c14-10-7-16-4-1-9(10)12(18)17-5-2-8(3-6-17)11(15)13(19)20/h1,4,7H,2-3,5-6H2,(H,19,20). The molecule has 0 radical (unpaired) electrons. The summed E-state index contributed by atoms with van der Waals surface area (Å²) in [5.41, 5.74) is 0.579. The van der Waals surface area contributed by atoms with Gasteiger partial charge in [0.2, 0.25) is 5.83 Å². The summed E-state index contributed by atoms with van der Waals surface area (Å²) in [5.74, 6) is -2.93. The number of hydrogen-bond donors (Lipinski definition) is 1. The Balaban J connectivity index is 2.08. The summed E-state index contributed by atoms with van der Waals surface area (Å²) in [6.45, 7) is 0.543. The van der Waals surface area contributed by atoms with Crippen LogP contribution in [0.3, 0.4) is 0 Å². The Morgan fingerprint density at radius 1 is 1.35 bits per heavy atom. The third-order valence-corrected chi connectivity index (χ3v) is 3.46. The van der Waals surface area contributed by atoms with Crippen molar-refractivity contribution in [2.45, 2.75) is 12.8 Å². The van der Waals surface area contributed by atoms with E-state index in [2.05, 4.69) is 4.98 Å². The SMILES string of the molecule is O=C(O)C(F)=C1CCN(C(=O)c2ccncc2Cl)CC1. The van der Waals surface area contributed by atoms with Gasteiger partial charge in [-0.05, 0) is 24.5 Å². The normalized spacial score (nSPS) is 15.1. The number of piperidine rings is 1. The van der Waals surface area contributed by atoms with Crippen LogP contribution in [0, 0.1) is 0 Å². The van der Waals surface area contributed by atoms with E-state index in [-0.39, 0.29) is 42.4 Å². The van der Waals surface area contributed by atoms with Crippen molar-refractivity contribution in [3.63, 3.8) is 0 Å². The summed E-state index contributed by atoms with van der Waals surface area (Å²) in [5, 5.41) is 8.85. The maximum Gasteiger partial charge on any atom is 0.364 e. The van der Waals surface area contributed by atoms with Gasteiger partial charge < -0.3 is 10.0 Å². The molecule has 1 aliphatic rings. The minimum atomic E-state index is -1.56. The number of carboxylic acid groups (broad SMARTS) is 1. The molecule has 1 aliphatic heterocycles. The van der Waals surface area contributed by atoms with E-state index < -0.39 is 11.8 Å². The fourth-order valence-corrected chi connectivity index (χ4v) is 2.27. The second kappa shape index (κ2) is 6.00. The molecular formula is C13H12ClFN2O3. The number of hydrogen-bond acceptors (Lipinski definition) is 3. The molecule has 7 heteroatoms. The van der Waals surface area contributed by atoms with Crippen LogP contribution < -0.4 is 0 Å². The molecule has 1 saturated heterocycles. The van der Waals surface area contributed by atoms with Crippen LogP contribution in [-0.2, 0) is 4.79 Å². The first-order chi connectivity index (χ1) is 9.50. The molecule has 0 bridgehead atoms. The number of halogens is 2. The molecule has 0 saturated carbocycles. The lowest BCUT2D eigenvalue weighted by atomic mass is 10.0. The Hall–Kier alpha value is -1.95. The molecule has 1 aromatic rings. The van der Waals surface area contributed by atoms with Crippen molar-refractivity contribution >= 4 is 23.5 Å². The molecule has 0 aromatic carbocycles. The Labute approximate surface area is 119 Å². The maximum absolute atomic E-state index is 13.3. The second-order valence-corrected chi connectivity index (χ2v) is 4.78. The van der Waals surface area contributed by atoms with E-state index in [4.69, 9.17) is 16.7 Å². The Kier molecular flexibility index (Phi) is 4.34. The molecular weight excluding hydrogens is 287 g/mol. The fraction of sp³-hybridized carbons (Fsp3) is 0.308. The highest BCUT2D eigenvalue weighted by molar-refractivity contribution is 6.33. The van der Waals surface area contributed by atoms with Crippen LogP contribution in [0.1, 0.15) is 23.2 Å². The largest absolute Gasteiger partial charge is 0.476 e. The van der Waals surface area contributed by atoms with Gasteiger partial charge in [-0.25, -0.2) is 4.79 Å². The van der Waals surface area contributed by atoms with E-state index in [0.29, 0.717) is 5.56 Å². The number of rotatable bonds is 2. The van der Waals surface area contributed by atoms with Gasteiger partial charge in [0.25, 0.3) is 5.91 Å². The van der Waals surface area contributed by atoms with E-state index >= 15 is 0 Å². The highest BCUT2D eigenvalue weighted by atomic mass is 35.5. The predicted molar refractivity (Wildman–Crippen MR) is 70.2 cm³/mol. The van der Waals surface area contributed by atoms with Gasteiger partial charge in [-0.2, -0.15) is 4.39 Å². The minimum Gasteiger partial charge on any atom is -0.476 e. The number of carboxylic acids is 1. The lowest BCUT2D eigenvalue weighted by Gasteiger charge is -2.28. The molecule has 1 aromatic heterocycles. The van der Waals surface area contributed by atoms with Crippen molar-refractivity contribution < 1.29 is 19.1 Å². The monoisotopic (exact) mass is 298 g/mol. The van der Waals surface area contributed by atoms with Crippen molar-refractivity contribution in [1.29, 1.82) is 0 Å². The maximum atomic E-state index is 13.3. The Morgan fingerprint density at radius 3 is 2.55 bits per heavy atom. The first kappa shape index (κ1) is 14.5. The average Bonchev–Trinajstić information content (AvgIpc) is 2.46. The number of amides is 1. The van der Waals surface area contributed by atoms with Crippen LogP contribution in [0.15, 0.2) is 29.9 Å². The van der Waals surface area contributed by atoms with Gasteiger partial charge in [0.1, 0.15) is 0 Å². The summed E-state index contributed by atoms with van der Waals surface area (Å²) in [7, 11) is 0. The number of nitrogens with zero attached hydrogens (tertiary/aromatic N) is 2. The lowest BCUT2D eigenvalue weighted by molar-refractivity contribution is -0.134. The first-order valence-electron chi connectivity index (χ1n) is 6.00. The van der Waals surface area contributed by atoms with Crippen LogP contribution in [0.4, 0.5) is 4.39 Å². The highest BCUT2D eigenvalue weighted by Gasteiger charge is 2.25. The average molecular weight is 299 g/mol. The highest BCUT2D eigenvalue weighted by Crippen LogP contribution is 2.24. The number of pyridine rings is 1. The van der Waals surface area contributed by atoms with E-state index in [9.17, 15) is 14.0 Å². The Morgan fingerprint density at radius 2 is 2.00 bits per heavy atom. The van der Waals surface area contributed by atoms with Crippen LogP contribution in [0.5, 0.6) is 0 Å². The van der Waals surface area contributed by atoms with Crippen molar-refractivity contribution in [1.82, 2.24) is 9.88 Å². The molecule has 20 heavy (non-hydrogen) atoms. The molecule has 2 heterocycles. The zero-order valence-electron chi connectivity index (χ0n) is 10.5. The number of carbonyl (C=O) groups excluding carboxylic acids is 1. The van der Waals surface area contributed by atoms with E-state index in [1.54, 1.807) is 0 Å². The zero-order valence-corrected chi connectivity index (χ0v) is 11.2. The molecule has 1 fully saturated rings. The topological polar surface area (TPSA) is 70.5 Å². The third kappa shape index (κ3) is 2.96. The first-order valence-corrected chi connectivity index (χ1v) is 6.38. The van der Waals surface area contributed by atoms with Crippen molar-refractivity contribution in [3.8, 4) is 0 Å². The molecule has 0 aliphatic carbocycles. The third-order valence-electron chi connectivity index (χ3n) is 3.16. The minimum absolute atomic E-state index is 0.215. The number of carbonyl (C=O) groups is 2. The summed E-state index contributed by atoms with van der Waals surface area (Å²) in [6, 6.07) is 1.52. The van der Waals surface area contributed by atoms with E-state index in [1.165, 1.54) is 23.4 Å². The quantitative estimate of drug-likeness (QED) is 0.850. The van der Waals surface area contributed by atoms with Gasteiger partial charge in [0, 0.05) is 25.5 Å². The number of likely N-dealkylation sites (tertiary alicyclic amines) is 1. The fourth-order valence-electron chi connectivity index (χ4n) is 2.07. The zero-order chi connectivity index (χ0) is 14.7. The molecule has 5 nitrogen and oxygen atoms in total.